The normalized spacial score (nSPS) is 16.5. The van der Waals surface area contributed by atoms with E-state index in [9.17, 15) is 14.9 Å². The Balaban J connectivity index is 1.54. The predicted molar refractivity (Wildman–Crippen MR) is 132 cm³/mol. The lowest BCUT2D eigenvalue weighted by molar-refractivity contribution is 0.111. The molecule has 1 saturated heterocycles. The fourth-order valence-electron chi connectivity index (χ4n) is 4.35. The van der Waals surface area contributed by atoms with Crippen molar-refractivity contribution in [2.24, 2.45) is 0 Å². The minimum atomic E-state index is -0.394. The molecule has 2 aliphatic rings. The van der Waals surface area contributed by atoms with Crippen LogP contribution in [0.5, 0.6) is 5.75 Å². The fraction of sp³-hybridized carbons (Fsp3) is 0.480. The highest BCUT2D eigenvalue weighted by molar-refractivity contribution is 6.01. The molecule has 2 aromatic heterocycles. The molecule has 0 aromatic carbocycles. The van der Waals surface area contributed by atoms with Crippen LogP contribution in [0.1, 0.15) is 47.4 Å². The Hall–Kier alpha value is -3.55. The van der Waals surface area contributed by atoms with Gasteiger partial charge in [-0.1, -0.05) is 0 Å². The van der Waals surface area contributed by atoms with E-state index in [0.29, 0.717) is 35.9 Å². The molecule has 0 radical (unpaired) electrons. The maximum atomic E-state index is 13.2. The summed E-state index contributed by atoms with van der Waals surface area (Å²) in [5.74, 6) is 1.14. The molecule has 4 heterocycles. The van der Waals surface area contributed by atoms with Crippen LogP contribution in [0.3, 0.4) is 0 Å². The number of ether oxygens (including phenoxy) is 1. The minimum absolute atomic E-state index is 0.131. The Morgan fingerprint density at radius 2 is 2.03 bits per heavy atom. The Kier molecular flexibility index (Phi) is 7.58. The summed E-state index contributed by atoms with van der Waals surface area (Å²) in [6.07, 6.45) is 3.61. The first-order valence-electron chi connectivity index (χ1n) is 11.9. The van der Waals surface area contributed by atoms with E-state index in [4.69, 9.17) is 4.74 Å². The molecular weight excluding hydrogens is 446 g/mol. The van der Waals surface area contributed by atoms with Gasteiger partial charge in [-0.3, -0.25) is 19.9 Å². The first kappa shape index (κ1) is 24.6. The summed E-state index contributed by atoms with van der Waals surface area (Å²) >= 11 is 0. The highest BCUT2D eigenvalue weighted by Crippen LogP contribution is 2.29. The molecule has 35 heavy (non-hydrogen) atoms. The van der Waals surface area contributed by atoms with Crippen LogP contribution < -0.4 is 15.0 Å². The first-order valence-corrected chi connectivity index (χ1v) is 11.9. The number of amides is 2. The molecule has 10 nitrogen and oxygen atoms in total. The number of hydrogen-bond acceptors (Lipinski definition) is 8. The largest absolute Gasteiger partial charge is 0.489 e. The summed E-state index contributed by atoms with van der Waals surface area (Å²) in [6.45, 7) is 8.75. The minimum Gasteiger partial charge on any atom is -0.489 e. The molecule has 0 unspecified atom stereocenters. The number of carbonyl (C=O) groups is 2. The third kappa shape index (κ3) is 5.75. The monoisotopic (exact) mass is 477 g/mol. The standard InChI is InChI=1S/C25H31N7O3/c1-17(2)35-22-12-23(27-14-20(22)13-26)29-25(34)32-6-4-5-18-11-19(21(16-33)28-24(18)32)15-31-9-7-30(3)8-10-31/h11-12,14,16-17H,4-10,15H2,1-3H3,(H,27,29,34). The number of rotatable bonds is 6. The molecule has 0 bridgehead atoms. The zero-order valence-electron chi connectivity index (χ0n) is 20.5. The maximum Gasteiger partial charge on any atom is 0.328 e. The summed E-state index contributed by atoms with van der Waals surface area (Å²) in [4.78, 5) is 40.0. The van der Waals surface area contributed by atoms with E-state index in [-0.39, 0.29) is 11.9 Å². The summed E-state index contributed by atoms with van der Waals surface area (Å²) in [6, 6.07) is 5.23. The quantitative estimate of drug-likeness (QED) is 0.632. The van der Waals surface area contributed by atoms with Crippen molar-refractivity contribution >= 4 is 24.0 Å². The topological polar surface area (TPSA) is 115 Å². The highest BCUT2D eigenvalue weighted by Gasteiger charge is 2.27. The van der Waals surface area contributed by atoms with Gasteiger partial charge in [0, 0.05) is 45.3 Å². The summed E-state index contributed by atoms with van der Waals surface area (Å²) < 4.78 is 5.69. The van der Waals surface area contributed by atoms with Gasteiger partial charge in [-0.15, -0.1) is 0 Å². The van der Waals surface area contributed by atoms with Crippen LogP contribution >= 0.6 is 0 Å². The van der Waals surface area contributed by atoms with Gasteiger partial charge in [0.25, 0.3) is 0 Å². The maximum absolute atomic E-state index is 13.2. The average molecular weight is 478 g/mol. The van der Waals surface area contributed by atoms with Crippen LogP contribution in [0.15, 0.2) is 18.3 Å². The van der Waals surface area contributed by atoms with E-state index in [0.717, 1.165) is 56.4 Å². The fourth-order valence-corrected chi connectivity index (χ4v) is 4.35. The third-order valence-corrected chi connectivity index (χ3v) is 6.21. The number of aromatic nitrogens is 2. The van der Waals surface area contributed by atoms with E-state index in [1.54, 1.807) is 11.0 Å². The summed E-state index contributed by atoms with van der Waals surface area (Å²) in [7, 11) is 2.11. The number of aldehydes is 1. The number of anilines is 2. The van der Waals surface area contributed by atoms with Crippen LogP contribution in [0.4, 0.5) is 16.4 Å². The molecule has 10 heteroatoms. The van der Waals surface area contributed by atoms with Gasteiger partial charge >= 0.3 is 6.03 Å². The average Bonchev–Trinajstić information content (AvgIpc) is 2.84. The Morgan fingerprint density at radius 3 is 2.71 bits per heavy atom. The molecule has 4 rings (SSSR count). The number of likely N-dealkylation sites (N-methyl/N-ethyl adjacent to an activating group) is 1. The van der Waals surface area contributed by atoms with E-state index >= 15 is 0 Å². The molecule has 184 valence electrons. The van der Waals surface area contributed by atoms with Gasteiger partial charge < -0.3 is 9.64 Å². The van der Waals surface area contributed by atoms with Gasteiger partial charge in [-0.2, -0.15) is 5.26 Å². The number of hydrogen-bond donors (Lipinski definition) is 1. The van der Waals surface area contributed by atoms with Crippen molar-refractivity contribution in [1.82, 2.24) is 19.8 Å². The SMILES string of the molecule is CC(C)Oc1cc(NC(=O)N2CCCc3cc(CN4CCN(C)CC4)c(C=O)nc32)ncc1C#N. The van der Waals surface area contributed by atoms with Crippen molar-refractivity contribution in [2.45, 2.75) is 39.3 Å². The number of nitriles is 1. The van der Waals surface area contributed by atoms with E-state index in [2.05, 4.69) is 32.1 Å². The summed E-state index contributed by atoms with van der Waals surface area (Å²) in [5, 5.41) is 12.1. The first-order chi connectivity index (χ1) is 16.9. The number of nitrogens with zero attached hydrogens (tertiary/aromatic N) is 6. The third-order valence-electron chi connectivity index (χ3n) is 6.21. The van der Waals surface area contributed by atoms with Crippen molar-refractivity contribution in [3.63, 3.8) is 0 Å². The Morgan fingerprint density at radius 1 is 1.26 bits per heavy atom. The smallest absolute Gasteiger partial charge is 0.328 e. The van der Waals surface area contributed by atoms with E-state index in [1.807, 2.05) is 26.0 Å². The van der Waals surface area contributed by atoms with Gasteiger partial charge in [0.1, 0.15) is 34.7 Å². The number of nitrogens with one attached hydrogen (secondary N) is 1. The molecule has 2 amide bonds. The van der Waals surface area contributed by atoms with Crippen LogP contribution in [-0.4, -0.2) is 78.0 Å². The molecule has 0 saturated carbocycles. The lowest BCUT2D eigenvalue weighted by Gasteiger charge is -2.33. The predicted octanol–water partition coefficient (Wildman–Crippen LogP) is 2.68. The van der Waals surface area contributed by atoms with Gasteiger partial charge in [-0.05, 0) is 50.9 Å². The van der Waals surface area contributed by atoms with Gasteiger partial charge in [0.2, 0.25) is 0 Å². The molecule has 0 atom stereocenters. The highest BCUT2D eigenvalue weighted by atomic mass is 16.5. The number of carbonyl (C=O) groups excluding carboxylic acids is 2. The number of fused-ring (bicyclic) bond motifs is 1. The van der Waals surface area contributed by atoms with Crippen LogP contribution in [0.25, 0.3) is 0 Å². The van der Waals surface area contributed by atoms with Crippen molar-refractivity contribution in [3.05, 3.63) is 40.7 Å². The van der Waals surface area contributed by atoms with E-state index in [1.165, 1.54) is 6.20 Å². The zero-order valence-corrected chi connectivity index (χ0v) is 20.5. The lowest BCUT2D eigenvalue weighted by Crippen LogP contribution is -2.44. The second-order valence-corrected chi connectivity index (χ2v) is 9.24. The lowest BCUT2D eigenvalue weighted by atomic mass is 10.0. The number of pyridine rings is 2. The molecule has 0 aliphatic carbocycles. The van der Waals surface area contributed by atoms with Crippen LogP contribution in [-0.2, 0) is 13.0 Å². The molecule has 1 N–H and O–H groups in total. The van der Waals surface area contributed by atoms with Crippen molar-refractivity contribution in [3.8, 4) is 11.8 Å². The second kappa shape index (κ2) is 10.8. The van der Waals surface area contributed by atoms with Gasteiger partial charge in [0.05, 0.1) is 12.3 Å². The molecule has 2 aromatic rings. The number of piperazine rings is 1. The molecule has 0 spiro atoms. The Bertz CT molecular complexity index is 1140. The molecule has 1 fully saturated rings. The van der Waals surface area contributed by atoms with Crippen LogP contribution in [0.2, 0.25) is 0 Å². The molecule has 2 aliphatic heterocycles. The van der Waals surface area contributed by atoms with Gasteiger partial charge in [-0.25, -0.2) is 14.8 Å². The van der Waals surface area contributed by atoms with Crippen molar-refractivity contribution < 1.29 is 14.3 Å². The van der Waals surface area contributed by atoms with Crippen molar-refractivity contribution in [2.75, 3.05) is 50.0 Å². The molecular formula is C25H31N7O3. The van der Waals surface area contributed by atoms with Crippen LogP contribution in [0, 0.1) is 11.3 Å². The Labute approximate surface area is 205 Å². The van der Waals surface area contributed by atoms with Crippen molar-refractivity contribution in [1.29, 1.82) is 5.26 Å². The number of urea groups is 1. The van der Waals surface area contributed by atoms with E-state index < -0.39 is 6.03 Å². The zero-order chi connectivity index (χ0) is 24.9. The number of aryl methyl sites for hydroxylation is 1. The second-order valence-electron chi connectivity index (χ2n) is 9.24. The summed E-state index contributed by atoms with van der Waals surface area (Å²) in [5.41, 5.74) is 2.52. The van der Waals surface area contributed by atoms with Gasteiger partial charge in [0.15, 0.2) is 6.29 Å².